The second kappa shape index (κ2) is 11.3. The van der Waals surface area contributed by atoms with E-state index in [1.54, 1.807) is 6.07 Å². The van der Waals surface area contributed by atoms with Crippen LogP contribution >= 0.6 is 0 Å². The standard InChI is InChI=1S/C28H23F3N2O5/c29-20-8-7-18(23(31)12-20)10-17-11-21(28(38)33(14-17)15-19-4-1-2-5-22(19)30)24(34)13-25(35)26(36)16-32-9-3-6-27(32)37/h1-2,4-5,7-8,11-14,34H,3,6,9-10,15-16H2. The molecule has 10 heteroatoms. The number of hydrogen-bond donors (Lipinski definition) is 1. The number of allylic oxidation sites excluding steroid dienone is 1. The van der Waals surface area contributed by atoms with Crippen molar-refractivity contribution in [2.24, 2.45) is 0 Å². The van der Waals surface area contributed by atoms with Crippen molar-refractivity contribution in [1.82, 2.24) is 9.47 Å². The van der Waals surface area contributed by atoms with Crippen LogP contribution in [-0.4, -0.2) is 45.1 Å². The zero-order valence-electron chi connectivity index (χ0n) is 20.1. The Bertz CT molecular complexity index is 1510. The van der Waals surface area contributed by atoms with Crippen LogP contribution in [-0.2, 0) is 27.3 Å². The van der Waals surface area contributed by atoms with E-state index >= 15 is 0 Å². The molecule has 38 heavy (non-hydrogen) atoms. The van der Waals surface area contributed by atoms with Crippen LogP contribution in [0.15, 0.2) is 65.6 Å². The van der Waals surface area contributed by atoms with Crippen molar-refractivity contribution in [3.8, 4) is 0 Å². The number of benzene rings is 2. The molecule has 1 aromatic heterocycles. The van der Waals surface area contributed by atoms with E-state index < -0.39 is 46.9 Å². The second-order valence-electron chi connectivity index (χ2n) is 8.93. The summed E-state index contributed by atoms with van der Waals surface area (Å²) in [6.07, 6.45) is 2.68. The van der Waals surface area contributed by atoms with Crippen LogP contribution in [0.2, 0.25) is 0 Å². The van der Waals surface area contributed by atoms with Gasteiger partial charge in [-0.1, -0.05) is 24.3 Å². The number of nitrogens with zero attached hydrogens (tertiary/aromatic N) is 2. The lowest BCUT2D eigenvalue weighted by Crippen LogP contribution is -2.34. The number of carbonyl (C=O) groups is 3. The van der Waals surface area contributed by atoms with E-state index in [9.17, 15) is 37.5 Å². The van der Waals surface area contributed by atoms with Crippen LogP contribution in [0, 0.1) is 17.5 Å². The molecule has 7 nitrogen and oxygen atoms in total. The summed E-state index contributed by atoms with van der Waals surface area (Å²) in [6.45, 7) is -0.339. The van der Waals surface area contributed by atoms with E-state index in [0.29, 0.717) is 30.7 Å². The number of aliphatic hydroxyl groups is 1. The van der Waals surface area contributed by atoms with Gasteiger partial charge in [0.05, 0.1) is 18.7 Å². The molecule has 1 N–H and O–H groups in total. The number of aliphatic hydroxyl groups excluding tert-OH is 1. The zero-order chi connectivity index (χ0) is 27.4. The molecule has 1 aliphatic heterocycles. The highest BCUT2D eigenvalue weighted by Gasteiger charge is 2.25. The quantitative estimate of drug-likeness (QED) is 0.262. The molecule has 2 aromatic carbocycles. The minimum atomic E-state index is -1.11. The van der Waals surface area contributed by atoms with Gasteiger partial charge < -0.3 is 14.6 Å². The van der Waals surface area contributed by atoms with Gasteiger partial charge in [0.15, 0.2) is 0 Å². The van der Waals surface area contributed by atoms with Gasteiger partial charge >= 0.3 is 0 Å². The molecular formula is C28H23F3N2O5. The summed E-state index contributed by atoms with van der Waals surface area (Å²) in [6, 6.07) is 9.96. The van der Waals surface area contributed by atoms with E-state index in [-0.39, 0.29) is 42.0 Å². The number of rotatable bonds is 9. The Morgan fingerprint density at radius 1 is 0.974 bits per heavy atom. The minimum Gasteiger partial charge on any atom is -0.507 e. The van der Waals surface area contributed by atoms with Crippen molar-refractivity contribution >= 4 is 23.2 Å². The summed E-state index contributed by atoms with van der Waals surface area (Å²) in [5.41, 5.74) is -0.614. The van der Waals surface area contributed by atoms with Gasteiger partial charge in [0.1, 0.15) is 23.2 Å². The average Bonchev–Trinajstić information content (AvgIpc) is 3.27. The van der Waals surface area contributed by atoms with Gasteiger partial charge in [-0.15, -0.1) is 0 Å². The third kappa shape index (κ3) is 6.08. The number of likely N-dealkylation sites (tertiary alicyclic amines) is 1. The summed E-state index contributed by atoms with van der Waals surface area (Å²) < 4.78 is 43.0. The van der Waals surface area contributed by atoms with Gasteiger partial charge in [0, 0.05) is 43.3 Å². The maximum atomic E-state index is 14.3. The van der Waals surface area contributed by atoms with E-state index in [2.05, 4.69) is 0 Å². The molecule has 1 fully saturated rings. The van der Waals surface area contributed by atoms with Gasteiger partial charge in [0.2, 0.25) is 17.5 Å². The summed E-state index contributed by atoms with van der Waals surface area (Å²) in [4.78, 5) is 50.9. The maximum absolute atomic E-state index is 14.3. The summed E-state index contributed by atoms with van der Waals surface area (Å²) in [5, 5.41) is 10.7. The molecule has 0 radical (unpaired) electrons. The lowest BCUT2D eigenvalue weighted by Gasteiger charge is -2.14. The molecular weight excluding hydrogens is 501 g/mol. The highest BCUT2D eigenvalue weighted by Crippen LogP contribution is 2.18. The molecule has 0 bridgehead atoms. The molecule has 0 unspecified atom stereocenters. The van der Waals surface area contributed by atoms with Gasteiger partial charge in [-0.05, 0) is 35.7 Å². The monoisotopic (exact) mass is 524 g/mol. The first-order valence-corrected chi connectivity index (χ1v) is 11.8. The molecule has 1 saturated heterocycles. The Morgan fingerprint density at radius 3 is 2.42 bits per heavy atom. The lowest BCUT2D eigenvalue weighted by molar-refractivity contribution is -0.137. The number of hydrogen-bond acceptors (Lipinski definition) is 5. The Hall–Kier alpha value is -4.47. The molecule has 1 amide bonds. The van der Waals surface area contributed by atoms with E-state index in [0.717, 1.165) is 10.6 Å². The van der Waals surface area contributed by atoms with Crippen molar-refractivity contribution in [1.29, 1.82) is 0 Å². The number of pyridine rings is 1. The predicted molar refractivity (Wildman–Crippen MR) is 132 cm³/mol. The molecule has 0 atom stereocenters. The van der Waals surface area contributed by atoms with Crippen molar-refractivity contribution < 1.29 is 32.7 Å². The maximum Gasteiger partial charge on any atom is 0.261 e. The van der Waals surface area contributed by atoms with Crippen LogP contribution in [0.1, 0.15) is 35.1 Å². The molecule has 4 rings (SSSR count). The summed E-state index contributed by atoms with van der Waals surface area (Å²) >= 11 is 0. The zero-order valence-corrected chi connectivity index (χ0v) is 20.1. The highest BCUT2D eigenvalue weighted by atomic mass is 19.1. The number of Topliss-reactive ketones (excluding diaryl/α,β-unsaturated/α-hetero) is 1. The highest BCUT2D eigenvalue weighted by molar-refractivity contribution is 6.43. The Morgan fingerprint density at radius 2 is 1.74 bits per heavy atom. The molecule has 1 aliphatic rings. The molecule has 3 aromatic rings. The predicted octanol–water partition coefficient (Wildman–Crippen LogP) is 3.56. The summed E-state index contributed by atoms with van der Waals surface area (Å²) in [5.74, 6) is -5.29. The number of aromatic nitrogens is 1. The fraction of sp³-hybridized carbons (Fsp3) is 0.214. The fourth-order valence-electron chi connectivity index (χ4n) is 4.20. The van der Waals surface area contributed by atoms with Gasteiger partial charge in [-0.25, -0.2) is 13.2 Å². The summed E-state index contributed by atoms with van der Waals surface area (Å²) in [7, 11) is 0. The number of carbonyl (C=O) groups excluding carboxylic acids is 3. The smallest absolute Gasteiger partial charge is 0.261 e. The SMILES string of the molecule is O=C(C=C(O)c1cc(Cc2ccc(F)cc2F)cn(Cc2ccccc2F)c1=O)C(=O)CN1CCCC1=O. The Labute approximate surface area is 215 Å². The molecule has 0 spiro atoms. The van der Waals surface area contributed by atoms with E-state index in [1.165, 1.54) is 41.4 Å². The first kappa shape index (κ1) is 26.6. The average molecular weight is 524 g/mol. The first-order valence-electron chi connectivity index (χ1n) is 11.8. The van der Waals surface area contributed by atoms with Crippen LogP contribution in [0.4, 0.5) is 13.2 Å². The van der Waals surface area contributed by atoms with Crippen molar-refractivity contribution in [2.45, 2.75) is 25.8 Å². The van der Waals surface area contributed by atoms with Crippen molar-refractivity contribution in [3.05, 3.63) is 111 Å². The van der Waals surface area contributed by atoms with Crippen LogP contribution in [0.25, 0.3) is 5.76 Å². The Balaban J connectivity index is 1.69. The van der Waals surface area contributed by atoms with E-state index in [4.69, 9.17) is 0 Å². The fourth-order valence-corrected chi connectivity index (χ4v) is 4.20. The molecule has 0 saturated carbocycles. The molecule has 0 aliphatic carbocycles. The molecule has 196 valence electrons. The second-order valence-corrected chi connectivity index (χ2v) is 8.93. The van der Waals surface area contributed by atoms with Crippen LogP contribution < -0.4 is 5.56 Å². The number of halogens is 3. The van der Waals surface area contributed by atoms with Gasteiger partial charge in [-0.3, -0.25) is 19.2 Å². The van der Waals surface area contributed by atoms with Crippen LogP contribution in [0.3, 0.4) is 0 Å². The number of ketones is 2. The third-order valence-electron chi connectivity index (χ3n) is 6.18. The number of amides is 1. The normalized spacial score (nSPS) is 13.7. The van der Waals surface area contributed by atoms with E-state index in [1.807, 2.05) is 0 Å². The minimum absolute atomic E-state index is 0.0958. The lowest BCUT2D eigenvalue weighted by atomic mass is 10.0. The molecule has 2 heterocycles. The topological polar surface area (TPSA) is 96.7 Å². The largest absolute Gasteiger partial charge is 0.507 e. The van der Waals surface area contributed by atoms with Crippen LogP contribution in [0.5, 0.6) is 0 Å². The third-order valence-corrected chi connectivity index (χ3v) is 6.18. The van der Waals surface area contributed by atoms with Gasteiger partial charge in [-0.2, -0.15) is 0 Å². The van der Waals surface area contributed by atoms with Crippen molar-refractivity contribution in [3.63, 3.8) is 0 Å². The Kier molecular flexibility index (Phi) is 7.90. The van der Waals surface area contributed by atoms with Gasteiger partial charge in [0.25, 0.3) is 5.56 Å². The van der Waals surface area contributed by atoms with Crippen molar-refractivity contribution in [2.75, 3.05) is 13.1 Å². The first-order chi connectivity index (χ1) is 18.1.